The maximum atomic E-state index is 12.6. The van der Waals surface area contributed by atoms with Gasteiger partial charge in [-0.15, -0.1) is 17.9 Å². The molecule has 1 spiro atoms. The Bertz CT molecular complexity index is 710. The molecular formula is C19H25F3N2O3S. The lowest BCUT2D eigenvalue weighted by Gasteiger charge is -2.37. The lowest BCUT2D eigenvalue weighted by Crippen LogP contribution is -2.44. The predicted molar refractivity (Wildman–Crippen MR) is 101 cm³/mol. The van der Waals surface area contributed by atoms with Crippen LogP contribution in [0.4, 0.5) is 13.2 Å². The zero-order chi connectivity index (χ0) is 20.9. The van der Waals surface area contributed by atoms with Crippen LogP contribution in [0.5, 0.6) is 0 Å². The second-order valence-corrected chi connectivity index (χ2v) is 8.53. The fourth-order valence-corrected chi connectivity index (χ4v) is 4.55. The van der Waals surface area contributed by atoms with Crippen LogP contribution < -0.4 is 0 Å². The van der Waals surface area contributed by atoms with Crippen molar-refractivity contribution in [2.24, 2.45) is 5.41 Å². The monoisotopic (exact) mass is 418 g/mol. The van der Waals surface area contributed by atoms with E-state index >= 15 is 0 Å². The number of hydrogen-bond donors (Lipinski definition) is 1. The first kappa shape index (κ1) is 22.4. The summed E-state index contributed by atoms with van der Waals surface area (Å²) in [5.74, 6) is -2.39. The molecule has 1 amide bonds. The number of halogens is 3. The summed E-state index contributed by atoms with van der Waals surface area (Å²) in [6.45, 7) is 10.7. The quantitative estimate of drug-likeness (QED) is 0.758. The molecule has 3 rings (SSSR count). The number of nitrogens with zero attached hydrogens (tertiary/aromatic N) is 2. The third-order valence-corrected chi connectivity index (χ3v) is 6.17. The number of piperidine rings is 1. The summed E-state index contributed by atoms with van der Waals surface area (Å²) in [6.07, 6.45) is -0.176. The van der Waals surface area contributed by atoms with Crippen LogP contribution >= 0.6 is 11.3 Å². The van der Waals surface area contributed by atoms with Gasteiger partial charge in [-0.3, -0.25) is 9.69 Å². The van der Waals surface area contributed by atoms with Crippen molar-refractivity contribution in [3.63, 3.8) is 0 Å². The van der Waals surface area contributed by atoms with E-state index in [1.165, 1.54) is 9.75 Å². The molecule has 2 aliphatic heterocycles. The van der Waals surface area contributed by atoms with E-state index in [0.29, 0.717) is 12.5 Å². The maximum absolute atomic E-state index is 12.6. The Morgan fingerprint density at radius 3 is 2.32 bits per heavy atom. The highest BCUT2D eigenvalue weighted by molar-refractivity contribution is 7.11. The van der Waals surface area contributed by atoms with Crippen LogP contribution in [0.1, 0.15) is 29.0 Å². The average Bonchev–Trinajstić information content (AvgIpc) is 3.16. The van der Waals surface area contributed by atoms with E-state index in [2.05, 4.69) is 30.5 Å². The molecule has 156 valence electrons. The molecule has 1 aromatic heterocycles. The first-order valence-electron chi connectivity index (χ1n) is 9.05. The molecule has 1 N–H and O–H groups in total. The smallest absolute Gasteiger partial charge is 0.475 e. The number of carboxylic acid groups (broad SMARTS) is 1. The highest BCUT2D eigenvalue weighted by atomic mass is 32.1. The fraction of sp³-hybridized carbons (Fsp3) is 0.579. The van der Waals surface area contributed by atoms with Crippen LogP contribution in [0.3, 0.4) is 0 Å². The molecular weight excluding hydrogens is 393 g/mol. The summed E-state index contributed by atoms with van der Waals surface area (Å²) in [6, 6.07) is 4.43. The van der Waals surface area contributed by atoms with Crippen molar-refractivity contribution >= 4 is 23.2 Å². The van der Waals surface area contributed by atoms with E-state index in [-0.39, 0.29) is 5.41 Å². The zero-order valence-corrected chi connectivity index (χ0v) is 16.6. The van der Waals surface area contributed by atoms with Crippen LogP contribution in [0.15, 0.2) is 24.8 Å². The minimum atomic E-state index is -5.08. The van der Waals surface area contributed by atoms with E-state index < -0.39 is 12.1 Å². The Labute approximate surface area is 166 Å². The van der Waals surface area contributed by atoms with Crippen molar-refractivity contribution in [3.05, 3.63) is 34.5 Å². The summed E-state index contributed by atoms with van der Waals surface area (Å²) >= 11 is 1.88. The molecule has 0 atom stereocenters. The molecule has 0 unspecified atom stereocenters. The van der Waals surface area contributed by atoms with Gasteiger partial charge in [0.2, 0.25) is 5.91 Å². The van der Waals surface area contributed by atoms with Gasteiger partial charge in [0.05, 0.1) is 5.41 Å². The van der Waals surface area contributed by atoms with Crippen LogP contribution in [-0.4, -0.2) is 59.1 Å². The van der Waals surface area contributed by atoms with E-state index in [1.807, 2.05) is 22.3 Å². The zero-order valence-electron chi connectivity index (χ0n) is 15.8. The number of carbonyl (C=O) groups is 2. The number of carbonyl (C=O) groups excluding carboxylic acids is 1. The maximum Gasteiger partial charge on any atom is 0.490 e. The Morgan fingerprint density at radius 2 is 1.86 bits per heavy atom. The van der Waals surface area contributed by atoms with Crippen molar-refractivity contribution < 1.29 is 27.9 Å². The first-order valence-corrected chi connectivity index (χ1v) is 9.87. The highest BCUT2D eigenvalue weighted by Crippen LogP contribution is 2.41. The predicted octanol–water partition coefficient (Wildman–Crippen LogP) is 3.69. The second-order valence-electron chi connectivity index (χ2n) is 7.16. The minimum absolute atomic E-state index is 0.0646. The molecule has 0 bridgehead atoms. The third-order valence-electron chi connectivity index (χ3n) is 5.18. The molecule has 3 heterocycles. The number of amides is 1. The molecule has 0 aliphatic carbocycles. The molecule has 0 saturated carbocycles. The van der Waals surface area contributed by atoms with Crippen molar-refractivity contribution in [3.8, 4) is 0 Å². The van der Waals surface area contributed by atoms with Crippen molar-refractivity contribution in [1.82, 2.24) is 9.80 Å². The first-order chi connectivity index (χ1) is 13.1. The van der Waals surface area contributed by atoms with Gasteiger partial charge in [0.15, 0.2) is 0 Å². The molecule has 2 aliphatic rings. The number of thiophene rings is 1. The number of aryl methyl sites for hydroxylation is 1. The van der Waals surface area contributed by atoms with Gasteiger partial charge < -0.3 is 10.0 Å². The summed E-state index contributed by atoms with van der Waals surface area (Å²) in [7, 11) is 0. The Kier molecular flexibility index (Phi) is 7.28. The van der Waals surface area contributed by atoms with Gasteiger partial charge in [0.1, 0.15) is 0 Å². The van der Waals surface area contributed by atoms with Gasteiger partial charge in [-0.1, -0.05) is 6.08 Å². The topological polar surface area (TPSA) is 60.9 Å². The SMILES string of the molecule is C=CCN1CCC2(CCN(Cc3ccc(C)s3)CC2)C1=O.O=C(O)C(F)(F)F. The number of aliphatic carboxylic acids is 1. The molecule has 0 radical (unpaired) electrons. The Morgan fingerprint density at radius 1 is 1.29 bits per heavy atom. The normalized spacial score (nSPS) is 19.4. The van der Waals surface area contributed by atoms with Gasteiger partial charge in [0, 0.05) is 29.4 Å². The lowest BCUT2D eigenvalue weighted by atomic mass is 9.77. The standard InChI is InChI=1S/C17H24N2OS.C2HF3O2/c1-3-9-19-12-8-17(16(19)20)6-10-18(11-7-17)13-15-5-4-14(2)21-15;3-2(4,5)1(6)7/h3-5H,1,6-13H2,2H3;(H,6,7). The summed E-state index contributed by atoms with van der Waals surface area (Å²) < 4.78 is 31.7. The van der Waals surface area contributed by atoms with Crippen LogP contribution in [0, 0.1) is 12.3 Å². The highest BCUT2D eigenvalue weighted by Gasteiger charge is 2.47. The Balaban J connectivity index is 0.000000345. The Hall–Kier alpha value is -1.87. The lowest BCUT2D eigenvalue weighted by molar-refractivity contribution is -0.192. The molecule has 2 saturated heterocycles. The summed E-state index contributed by atoms with van der Waals surface area (Å²) in [5, 5.41) is 7.12. The number of rotatable bonds is 4. The number of alkyl halides is 3. The van der Waals surface area contributed by atoms with Gasteiger partial charge in [-0.05, 0) is 51.4 Å². The molecule has 0 aromatic carbocycles. The van der Waals surface area contributed by atoms with Crippen LogP contribution in [0.2, 0.25) is 0 Å². The fourth-order valence-electron chi connectivity index (χ4n) is 3.62. The van der Waals surface area contributed by atoms with E-state index in [0.717, 1.165) is 45.4 Å². The summed E-state index contributed by atoms with van der Waals surface area (Å²) in [4.78, 5) is 28.8. The van der Waals surface area contributed by atoms with Gasteiger partial charge >= 0.3 is 12.1 Å². The van der Waals surface area contributed by atoms with Crippen molar-refractivity contribution in [1.29, 1.82) is 0 Å². The number of hydrogen-bond acceptors (Lipinski definition) is 4. The number of carboxylic acids is 1. The molecule has 1 aromatic rings. The van der Waals surface area contributed by atoms with Gasteiger partial charge in [0.25, 0.3) is 0 Å². The molecule has 5 nitrogen and oxygen atoms in total. The van der Waals surface area contributed by atoms with Crippen molar-refractivity contribution in [2.75, 3.05) is 26.2 Å². The third kappa shape index (κ3) is 5.57. The molecule has 2 fully saturated rings. The van der Waals surface area contributed by atoms with Crippen LogP contribution in [0.25, 0.3) is 0 Å². The minimum Gasteiger partial charge on any atom is -0.475 e. The van der Waals surface area contributed by atoms with Gasteiger partial charge in [-0.2, -0.15) is 13.2 Å². The second kappa shape index (κ2) is 9.09. The molecule has 9 heteroatoms. The van der Waals surface area contributed by atoms with Gasteiger partial charge in [-0.25, -0.2) is 4.79 Å². The van der Waals surface area contributed by atoms with Crippen LogP contribution in [-0.2, 0) is 16.1 Å². The average molecular weight is 418 g/mol. The molecule has 28 heavy (non-hydrogen) atoms. The summed E-state index contributed by atoms with van der Waals surface area (Å²) in [5.41, 5.74) is -0.0646. The largest absolute Gasteiger partial charge is 0.490 e. The van der Waals surface area contributed by atoms with E-state index in [9.17, 15) is 18.0 Å². The van der Waals surface area contributed by atoms with E-state index in [4.69, 9.17) is 9.90 Å². The van der Waals surface area contributed by atoms with E-state index in [1.54, 1.807) is 0 Å². The van der Waals surface area contributed by atoms with Crippen molar-refractivity contribution in [2.45, 2.75) is 38.9 Å². The number of likely N-dealkylation sites (tertiary alicyclic amines) is 2.